The largest absolute Gasteiger partial charge is 0.294 e. The van der Waals surface area contributed by atoms with Crippen LogP contribution in [0, 0.1) is 6.92 Å². The molecule has 108 valence electrons. The molecule has 0 spiro atoms. The van der Waals surface area contributed by atoms with Crippen LogP contribution in [0.1, 0.15) is 28.7 Å². The summed E-state index contributed by atoms with van der Waals surface area (Å²) in [5, 5.41) is 9.10. The molecule has 3 heterocycles. The Kier molecular flexibility index (Phi) is 3.51. The van der Waals surface area contributed by atoms with Crippen LogP contribution in [0.15, 0.2) is 30.6 Å². The zero-order chi connectivity index (χ0) is 15.0. The molecular weight excluding hydrogens is 288 g/mol. The molecule has 5 nitrogen and oxygen atoms in total. The standard InChI is InChI=1S/C15H15ClN4O/c1-3-19-13(15(16)10(2)18-19)8-14(21)11-9-17-20-7-5-4-6-12(11)20/h4-7,9H,3,8H2,1-2H3. The van der Waals surface area contributed by atoms with Crippen LogP contribution in [0.4, 0.5) is 0 Å². The molecule has 0 atom stereocenters. The van der Waals surface area contributed by atoms with E-state index in [-0.39, 0.29) is 12.2 Å². The molecule has 0 saturated heterocycles. The summed E-state index contributed by atoms with van der Waals surface area (Å²) in [6.45, 7) is 4.51. The second-order valence-corrected chi connectivity index (χ2v) is 5.23. The average Bonchev–Trinajstić information content (AvgIpc) is 3.03. The third kappa shape index (κ3) is 2.34. The van der Waals surface area contributed by atoms with Crippen molar-refractivity contribution in [2.24, 2.45) is 0 Å². The lowest BCUT2D eigenvalue weighted by Gasteiger charge is -2.04. The molecule has 0 fully saturated rings. The summed E-state index contributed by atoms with van der Waals surface area (Å²) in [6, 6.07) is 5.64. The van der Waals surface area contributed by atoms with Crippen molar-refractivity contribution in [3.8, 4) is 0 Å². The molecule has 0 aromatic carbocycles. The number of Topliss-reactive ketones (excluding diaryl/α,β-unsaturated/α-hetero) is 1. The Morgan fingerprint density at radius 2 is 2.19 bits per heavy atom. The lowest BCUT2D eigenvalue weighted by molar-refractivity contribution is 0.0992. The molecule has 0 bridgehead atoms. The molecule has 6 heteroatoms. The van der Waals surface area contributed by atoms with Gasteiger partial charge in [-0.15, -0.1) is 0 Å². The van der Waals surface area contributed by atoms with Crippen LogP contribution < -0.4 is 0 Å². The van der Waals surface area contributed by atoms with Gasteiger partial charge in [-0.05, 0) is 26.0 Å². The number of aromatic nitrogens is 4. The molecule has 0 amide bonds. The second kappa shape index (κ2) is 5.33. The summed E-state index contributed by atoms with van der Waals surface area (Å²) in [7, 11) is 0. The number of ketones is 1. The predicted molar refractivity (Wildman–Crippen MR) is 80.9 cm³/mol. The monoisotopic (exact) mass is 302 g/mol. The summed E-state index contributed by atoms with van der Waals surface area (Å²) < 4.78 is 3.47. The lowest BCUT2D eigenvalue weighted by Crippen LogP contribution is -2.10. The van der Waals surface area contributed by atoms with Gasteiger partial charge in [-0.25, -0.2) is 4.52 Å². The molecule has 3 aromatic rings. The van der Waals surface area contributed by atoms with Crippen molar-refractivity contribution in [1.82, 2.24) is 19.4 Å². The van der Waals surface area contributed by atoms with E-state index in [1.807, 2.05) is 38.2 Å². The fourth-order valence-corrected chi connectivity index (χ4v) is 2.64. The number of halogens is 1. The first-order valence-electron chi connectivity index (χ1n) is 6.79. The minimum Gasteiger partial charge on any atom is -0.294 e. The normalized spacial score (nSPS) is 11.2. The summed E-state index contributed by atoms with van der Waals surface area (Å²) >= 11 is 6.26. The van der Waals surface area contributed by atoms with Gasteiger partial charge >= 0.3 is 0 Å². The number of hydrogen-bond acceptors (Lipinski definition) is 3. The van der Waals surface area contributed by atoms with Crippen LogP contribution in [0.2, 0.25) is 5.02 Å². The zero-order valence-electron chi connectivity index (χ0n) is 11.9. The third-order valence-corrected chi connectivity index (χ3v) is 4.00. The zero-order valence-corrected chi connectivity index (χ0v) is 12.6. The number of hydrogen-bond donors (Lipinski definition) is 0. The molecule has 3 aromatic heterocycles. The number of nitrogens with zero attached hydrogens (tertiary/aromatic N) is 4. The quantitative estimate of drug-likeness (QED) is 0.696. The van der Waals surface area contributed by atoms with Gasteiger partial charge in [0, 0.05) is 12.7 Å². The number of pyridine rings is 1. The molecule has 0 unspecified atom stereocenters. The predicted octanol–water partition coefficient (Wildman–Crippen LogP) is 2.94. The number of rotatable bonds is 4. The Labute approximate surface area is 127 Å². The van der Waals surface area contributed by atoms with Gasteiger partial charge in [0.15, 0.2) is 5.78 Å². The average molecular weight is 303 g/mol. The Balaban J connectivity index is 1.97. The molecule has 0 aliphatic carbocycles. The highest BCUT2D eigenvalue weighted by Gasteiger charge is 2.19. The molecule has 0 aliphatic rings. The number of carbonyl (C=O) groups is 1. The van der Waals surface area contributed by atoms with Crippen LogP contribution in [0.3, 0.4) is 0 Å². The summed E-state index contributed by atoms with van der Waals surface area (Å²) in [4.78, 5) is 12.6. The molecule has 3 rings (SSSR count). The second-order valence-electron chi connectivity index (χ2n) is 4.85. The number of fused-ring (bicyclic) bond motifs is 1. The van der Waals surface area contributed by atoms with E-state index in [0.717, 1.165) is 16.9 Å². The van der Waals surface area contributed by atoms with E-state index < -0.39 is 0 Å². The van der Waals surface area contributed by atoms with Gasteiger partial charge < -0.3 is 0 Å². The van der Waals surface area contributed by atoms with Gasteiger partial charge in [-0.1, -0.05) is 17.7 Å². The smallest absolute Gasteiger partial charge is 0.172 e. The van der Waals surface area contributed by atoms with Crippen LogP contribution in [0.5, 0.6) is 0 Å². The van der Waals surface area contributed by atoms with Crippen molar-refractivity contribution in [3.05, 3.63) is 52.6 Å². The van der Waals surface area contributed by atoms with E-state index in [0.29, 0.717) is 17.1 Å². The van der Waals surface area contributed by atoms with Crippen molar-refractivity contribution in [2.45, 2.75) is 26.8 Å². The SMILES string of the molecule is CCn1nc(C)c(Cl)c1CC(=O)c1cnn2ccccc12. The first-order valence-corrected chi connectivity index (χ1v) is 7.17. The molecule has 0 aliphatic heterocycles. The van der Waals surface area contributed by atoms with Crippen molar-refractivity contribution in [2.75, 3.05) is 0 Å². The van der Waals surface area contributed by atoms with Crippen molar-refractivity contribution in [1.29, 1.82) is 0 Å². The first kappa shape index (κ1) is 13.8. The summed E-state index contributed by atoms with van der Waals surface area (Å²) in [5.41, 5.74) is 2.92. The van der Waals surface area contributed by atoms with Gasteiger partial charge in [0.05, 0.1) is 40.1 Å². The van der Waals surface area contributed by atoms with Crippen LogP contribution in [-0.4, -0.2) is 25.2 Å². The van der Waals surface area contributed by atoms with Gasteiger partial charge in [0.25, 0.3) is 0 Å². The van der Waals surface area contributed by atoms with Gasteiger partial charge in [-0.3, -0.25) is 9.48 Å². The molecule has 0 saturated carbocycles. The molecule has 0 radical (unpaired) electrons. The highest BCUT2D eigenvalue weighted by molar-refractivity contribution is 6.32. The van der Waals surface area contributed by atoms with E-state index in [1.165, 1.54) is 0 Å². The summed E-state index contributed by atoms with van der Waals surface area (Å²) in [5.74, 6) is -0.00676. The van der Waals surface area contributed by atoms with E-state index in [4.69, 9.17) is 11.6 Å². The highest BCUT2D eigenvalue weighted by Crippen LogP contribution is 2.22. The number of aryl methyl sites for hydroxylation is 2. The Hall–Kier alpha value is -2.14. The third-order valence-electron chi connectivity index (χ3n) is 3.51. The fourth-order valence-electron chi connectivity index (χ4n) is 2.43. The van der Waals surface area contributed by atoms with Crippen LogP contribution in [-0.2, 0) is 13.0 Å². The molecule has 0 N–H and O–H groups in total. The maximum absolute atomic E-state index is 12.6. The van der Waals surface area contributed by atoms with Gasteiger partial charge in [0.1, 0.15) is 0 Å². The van der Waals surface area contributed by atoms with E-state index >= 15 is 0 Å². The van der Waals surface area contributed by atoms with E-state index in [1.54, 1.807) is 15.4 Å². The minimum absolute atomic E-state index is 0.00676. The topological polar surface area (TPSA) is 52.2 Å². The summed E-state index contributed by atoms with van der Waals surface area (Å²) in [6.07, 6.45) is 3.65. The Morgan fingerprint density at radius 3 is 2.95 bits per heavy atom. The van der Waals surface area contributed by atoms with Crippen LogP contribution in [0.25, 0.3) is 5.52 Å². The van der Waals surface area contributed by atoms with Gasteiger partial charge in [-0.2, -0.15) is 10.2 Å². The highest BCUT2D eigenvalue weighted by atomic mass is 35.5. The fraction of sp³-hybridized carbons (Fsp3) is 0.267. The van der Waals surface area contributed by atoms with Crippen molar-refractivity contribution in [3.63, 3.8) is 0 Å². The Bertz CT molecular complexity index is 818. The van der Waals surface area contributed by atoms with Crippen molar-refractivity contribution < 1.29 is 4.79 Å². The number of carbonyl (C=O) groups excluding carboxylic acids is 1. The van der Waals surface area contributed by atoms with E-state index in [2.05, 4.69) is 10.2 Å². The Morgan fingerprint density at radius 1 is 1.38 bits per heavy atom. The molecule has 21 heavy (non-hydrogen) atoms. The van der Waals surface area contributed by atoms with Crippen molar-refractivity contribution >= 4 is 22.9 Å². The maximum atomic E-state index is 12.6. The molecular formula is C15H15ClN4O. The minimum atomic E-state index is -0.00676. The lowest BCUT2D eigenvalue weighted by atomic mass is 10.1. The maximum Gasteiger partial charge on any atom is 0.172 e. The first-order chi connectivity index (χ1) is 10.1. The van der Waals surface area contributed by atoms with E-state index in [9.17, 15) is 4.79 Å². The van der Waals surface area contributed by atoms with Crippen LogP contribution >= 0.6 is 11.6 Å². The van der Waals surface area contributed by atoms with Gasteiger partial charge in [0.2, 0.25) is 0 Å².